The van der Waals surface area contributed by atoms with Gasteiger partial charge in [-0.25, -0.2) is 8.78 Å². The van der Waals surface area contributed by atoms with Crippen molar-refractivity contribution in [3.05, 3.63) is 53.6 Å². The van der Waals surface area contributed by atoms with Gasteiger partial charge < -0.3 is 11.1 Å². The molecule has 0 amide bonds. The monoisotopic (exact) mass is 245 g/mol. The lowest BCUT2D eigenvalue weighted by Crippen LogP contribution is -1.99. The topological polar surface area (TPSA) is 61.8 Å². The van der Waals surface area contributed by atoms with E-state index in [1.54, 1.807) is 6.07 Å². The first kappa shape index (κ1) is 11.9. The Hall–Kier alpha value is -2.61. The lowest BCUT2D eigenvalue weighted by Gasteiger charge is -2.10. The summed E-state index contributed by atoms with van der Waals surface area (Å²) < 4.78 is 26.4. The zero-order valence-corrected chi connectivity index (χ0v) is 9.24. The van der Waals surface area contributed by atoms with Crippen LogP contribution in [0.1, 0.15) is 5.56 Å². The van der Waals surface area contributed by atoms with Gasteiger partial charge in [0, 0.05) is 6.07 Å². The Labute approximate surface area is 102 Å². The van der Waals surface area contributed by atoms with Crippen molar-refractivity contribution in [2.24, 2.45) is 0 Å². The van der Waals surface area contributed by atoms with E-state index in [1.807, 2.05) is 6.07 Å². The molecule has 2 aromatic rings. The predicted molar refractivity (Wildman–Crippen MR) is 65.2 cm³/mol. The highest BCUT2D eigenvalue weighted by Crippen LogP contribution is 2.26. The number of hydrogen-bond donors (Lipinski definition) is 2. The maximum Gasteiger partial charge on any atom is 0.146 e. The minimum atomic E-state index is -0.599. The molecule has 0 radical (unpaired) electrons. The van der Waals surface area contributed by atoms with Crippen LogP contribution in [-0.4, -0.2) is 0 Å². The Morgan fingerprint density at radius 1 is 1.06 bits per heavy atom. The molecule has 0 aliphatic rings. The zero-order chi connectivity index (χ0) is 13.1. The van der Waals surface area contributed by atoms with E-state index in [0.717, 1.165) is 18.2 Å². The van der Waals surface area contributed by atoms with Crippen LogP contribution in [0.4, 0.5) is 25.8 Å². The average molecular weight is 245 g/mol. The lowest BCUT2D eigenvalue weighted by atomic mass is 10.2. The van der Waals surface area contributed by atoms with Crippen molar-refractivity contribution in [1.82, 2.24) is 0 Å². The summed E-state index contributed by atoms with van der Waals surface area (Å²) in [7, 11) is 0. The van der Waals surface area contributed by atoms with E-state index in [1.165, 1.54) is 12.1 Å². The molecule has 0 fully saturated rings. The number of nitriles is 1. The molecule has 2 aromatic carbocycles. The van der Waals surface area contributed by atoms with Gasteiger partial charge in [0.15, 0.2) is 0 Å². The first-order chi connectivity index (χ1) is 8.60. The number of anilines is 3. The normalized spacial score (nSPS) is 9.83. The fourth-order valence-electron chi connectivity index (χ4n) is 1.47. The molecule has 3 nitrogen and oxygen atoms in total. The summed E-state index contributed by atoms with van der Waals surface area (Å²) in [6, 6.07) is 9.55. The van der Waals surface area contributed by atoms with Gasteiger partial charge in [0.1, 0.15) is 11.6 Å². The number of nitrogens with zero attached hydrogens (tertiary/aromatic N) is 1. The molecule has 0 aliphatic carbocycles. The molecule has 0 aromatic heterocycles. The van der Waals surface area contributed by atoms with Gasteiger partial charge in [0.25, 0.3) is 0 Å². The van der Waals surface area contributed by atoms with Crippen LogP contribution in [0.2, 0.25) is 0 Å². The second-order valence-electron chi connectivity index (χ2n) is 3.66. The summed E-state index contributed by atoms with van der Waals surface area (Å²) in [6.07, 6.45) is 0. The molecule has 2 rings (SSSR count). The Morgan fingerprint density at radius 3 is 2.56 bits per heavy atom. The van der Waals surface area contributed by atoms with E-state index in [-0.39, 0.29) is 5.69 Å². The van der Waals surface area contributed by atoms with Crippen LogP contribution in [0, 0.1) is 23.0 Å². The standard InChI is InChI=1S/C13H9F2N3/c14-9-2-3-10(15)12(6-9)18-13-5-8(7-16)1-4-11(13)17/h1-6,18H,17H2. The fraction of sp³-hybridized carbons (Fsp3) is 0. The minimum Gasteiger partial charge on any atom is -0.397 e. The highest BCUT2D eigenvalue weighted by molar-refractivity contribution is 5.74. The van der Waals surface area contributed by atoms with Crippen LogP contribution in [0.5, 0.6) is 0 Å². The largest absolute Gasteiger partial charge is 0.397 e. The third-order valence-corrected chi connectivity index (χ3v) is 2.38. The minimum absolute atomic E-state index is 0.0308. The van der Waals surface area contributed by atoms with Crippen LogP contribution in [0.25, 0.3) is 0 Å². The molecular weight excluding hydrogens is 236 g/mol. The molecule has 0 bridgehead atoms. The van der Waals surface area contributed by atoms with Crippen molar-refractivity contribution in [3.8, 4) is 6.07 Å². The highest BCUT2D eigenvalue weighted by Gasteiger charge is 2.07. The number of hydrogen-bond acceptors (Lipinski definition) is 3. The van der Waals surface area contributed by atoms with Crippen LogP contribution in [-0.2, 0) is 0 Å². The average Bonchev–Trinajstić information content (AvgIpc) is 2.36. The maximum absolute atomic E-state index is 13.4. The molecule has 90 valence electrons. The summed E-state index contributed by atoms with van der Waals surface area (Å²) in [4.78, 5) is 0. The molecule has 0 saturated carbocycles. The van der Waals surface area contributed by atoms with E-state index in [2.05, 4.69) is 5.32 Å². The van der Waals surface area contributed by atoms with Crippen molar-refractivity contribution in [3.63, 3.8) is 0 Å². The fourth-order valence-corrected chi connectivity index (χ4v) is 1.47. The van der Waals surface area contributed by atoms with E-state index >= 15 is 0 Å². The van der Waals surface area contributed by atoms with Crippen molar-refractivity contribution in [2.45, 2.75) is 0 Å². The third-order valence-electron chi connectivity index (χ3n) is 2.38. The van der Waals surface area contributed by atoms with E-state index < -0.39 is 11.6 Å². The van der Waals surface area contributed by atoms with Crippen molar-refractivity contribution >= 4 is 17.1 Å². The van der Waals surface area contributed by atoms with Crippen molar-refractivity contribution < 1.29 is 8.78 Å². The summed E-state index contributed by atoms with van der Waals surface area (Å²) in [5, 5.41) is 11.4. The van der Waals surface area contributed by atoms with E-state index in [9.17, 15) is 8.78 Å². The Bertz CT molecular complexity index is 633. The molecule has 18 heavy (non-hydrogen) atoms. The number of halogens is 2. The maximum atomic E-state index is 13.4. The predicted octanol–water partition coefficient (Wildman–Crippen LogP) is 3.16. The molecule has 0 unspecified atom stereocenters. The van der Waals surface area contributed by atoms with Gasteiger partial charge >= 0.3 is 0 Å². The van der Waals surface area contributed by atoms with Gasteiger partial charge in [-0.1, -0.05) is 0 Å². The van der Waals surface area contributed by atoms with Crippen LogP contribution in [0.3, 0.4) is 0 Å². The molecule has 0 aliphatic heterocycles. The third kappa shape index (κ3) is 2.38. The van der Waals surface area contributed by atoms with E-state index in [4.69, 9.17) is 11.0 Å². The van der Waals surface area contributed by atoms with Crippen molar-refractivity contribution in [2.75, 3.05) is 11.1 Å². The number of nitrogens with one attached hydrogen (secondary N) is 1. The zero-order valence-electron chi connectivity index (χ0n) is 9.24. The van der Waals surface area contributed by atoms with Crippen LogP contribution >= 0.6 is 0 Å². The van der Waals surface area contributed by atoms with Gasteiger partial charge in [0.2, 0.25) is 0 Å². The highest BCUT2D eigenvalue weighted by atomic mass is 19.1. The molecule has 0 heterocycles. The SMILES string of the molecule is N#Cc1ccc(N)c(Nc2cc(F)ccc2F)c1. The first-order valence-electron chi connectivity index (χ1n) is 5.12. The van der Waals surface area contributed by atoms with Gasteiger partial charge in [-0.05, 0) is 30.3 Å². The summed E-state index contributed by atoms with van der Waals surface area (Å²) >= 11 is 0. The molecule has 0 atom stereocenters. The van der Waals surface area contributed by atoms with Crippen LogP contribution < -0.4 is 11.1 Å². The Kier molecular flexibility index (Phi) is 3.11. The van der Waals surface area contributed by atoms with E-state index in [0.29, 0.717) is 16.9 Å². The van der Waals surface area contributed by atoms with Gasteiger partial charge in [-0.2, -0.15) is 5.26 Å². The smallest absolute Gasteiger partial charge is 0.146 e. The van der Waals surface area contributed by atoms with Crippen molar-refractivity contribution in [1.29, 1.82) is 5.26 Å². The molecular formula is C13H9F2N3. The second-order valence-corrected chi connectivity index (χ2v) is 3.66. The van der Waals surface area contributed by atoms with Crippen LogP contribution in [0.15, 0.2) is 36.4 Å². The Balaban J connectivity index is 2.39. The molecule has 0 saturated heterocycles. The number of nitrogens with two attached hydrogens (primary N) is 1. The van der Waals surface area contributed by atoms with Gasteiger partial charge in [-0.3, -0.25) is 0 Å². The molecule has 3 N–H and O–H groups in total. The number of nitrogen functional groups attached to an aromatic ring is 1. The molecule has 0 spiro atoms. The molecule has 5 heteroatoms. The summed E-state index contributed by atoms with van der Waals surface area (Å²) in [5.41, 5.74) is 6.74. The Morgan fingerprint density at radius 2 is 1.83 bits per heavy atom. The summed E-state index contributed by atoms with van der Waals surface area (Å²) in [5.74, 6) is -1.16. The van der Waals surface area contributed by atoms with Gasteiger partial charge in [-0.15, -0.1) is 0 Å². The summed E-state index contributed by atoms with van der Waals surface area (Å²) in [6.45, 7) is 0. The number of rotatable bonds is 2. The quantitative estimate of drug-likeness (QED) is 0.799. The lowest BCUT2D eigenvalue weighted by molar-refractivity contribution is 0.603. The number of benzene rings is 2. The first-order valence-corrected chi connectivity index (χ1v) is 5.12. The van der Waals surface area contributed by atoms with Gasteiger partial charge in [0.05, 0.1) is 28.7 Å². The second kappa shape index (κ2) is 4.72.